The SMILES string of the molecule is Cn1c(C(F)(F)F)cnc1CS(=O)(=O)F. The highest BCUT2D eigenvalue weighted by Gasteiger charge is 2.35. The monoisotopic (exact) mass is 246 g/mol. The van der Waals surface area contributed by atoms with Crippen LogP contribution in [0, 0.1) is 0 Å². The first-order valence-corrected chi connectivity index (χ1v) is 5.16. The van der Waals surface area contributed by atoms with Gasteiger partial charge in [-0.05, 0) is 0 Å². The van der Waals surface area contributed by atoms with Crippen molar-refractivity contribution < 1.29 is 25.5 Å². The summed E-state index contributed by atoms with van der Waals surface area (Å²) in [6.07, 6.45) is -4.18. The molecule has 0 N–H and O–H groups in total. The molecule has 0 aliphatic rings. The van der Waals surface area contributed by atoms with Crippen LogP contribution in [0.3, 0.4) is 0 Å². The predicted molar refractivity (Wildman–Crippen MR) is 41.9 cm³/mol. The number of hydrogen-bond acceptors (Lipinski definition) is 3. The van der Waals surface area contributed by atoms with Gasteiger partial charge in [-0.2, -0.15) is 21.6 Å². The fraction of sp³-hybridized carbons (Fsp3) is 0.500. The van der Waals surface area contributed by atoms with E-state index in [2.05, 4.69) is 4.98 Å². The minimum absolute atomic E-state index is 0.459. The molecule has 9 heteroatoms. The number of halogens is 4. The Labute approximate surface area is 82.7 Å². The molecule has 0 unspecified atom stereocenters. The lowest BCUT2D eigenvalue weighted by atomic mass is 10.4. The quantitative estimate of drug-likeness (QED) is 0.582. The van der Waals surface area contributed by atoms with Crippen molar-refractivity contribution in [1.82, 2.24) is 9.55 Å². The zero-order chi connectivity index (χ0) is 11.9. The van der Waals surface area contributed by atoms with Crippen molar-refractivity contribution in [2.24, 2.45) is 7.05 Å². The van der Waals surface area contributed by atoms with Crippen molar-refractivity contribution in [2.75, 3.05) is 0 Å². The standard InChI is InChI=1S/C6H6F4N2O2S/c1-12-4(6(7,8)9)2-11-5(12)3-15(10,13)14/h2H,3H2,1H3. The maximum atomic E-state index is 12.2. The summed E-state index contributed by atoms with van der Waals surface area (Å²) in [5.41, 5.74) is -1.12. The minimum Gasteiger partial charge on any atom is -0.327 e. The van der Waals surface area contributed by atoms with Crippen molar-refractivity contribution >= 4 is 10.2 Å². The number of imidazole rings is 1. The molecule has 86 valence electrons. The van der Waals surface area contributed by atoms with Gasteiger partial charge in [0, 0.05) is 7.05 Å². The van der Waals surface area contributed by atoms with Gasteiger partial charge in [-0.3, -0.25) is 0 Å². The van der Waals surface area contributed by atoms with Crippen molar-refractivity contribution in [3.05, 3.63) is 17.7 Å². The molecule has 1 heterocycles. The number of aromatic nitrogens is 2. The molecule has 4 nitrogen and oxygen atoms in total. The largest absolute Gasteiger partial charge is 0.432 e. The molecule has 0 radical (unpaired) electrons. The Balaban J connectivity index is 3.11. The second-order valence-corrected chi connectivity index (χ2v) is 4.17. The second kappa shape index (κ2) is 3.47. The van der Waals surface area contributed by atoms with E-state index in [4.69, 9.17) is 0 Å². The minimum atomic E-state index is -4.88. The van der Waals surface area contributed by atoms with Crippen LogP contribution < -0.4 is 0 Å². The van der Waals surface area contributed by atoms with Gasteiger partial charge in [0.2, 0.25) is 0 Å². The third-order valence-electron chi connectivity index (χ3n) is 1.68. The van der Waals surface area contributed by atoms with Gasteiger partial charge in [-0.1, -0.05) is 0 Å². The Bertz CT molecular complexity index is 462. The van der Waals surface area contributed by atoms with Gasteiger partial charge in [0.05, 0.1) is 6.20 Å². The smallest absolute Gasteiger partial charge is 0.327 e. The van der Waals surface area contributed by atoms with Crippen molar-refractivity contribution in [3.8, 4) is 0 Å². The molecule has 1 aromatic heterocycles. The van der Waals surface area contributed by atoms with Gasteiger partial charge >= 0.3 is 16.4 Å². The van der Waals surface area contributed by atoms with E-state index >= 15 is 0 Å². The lowest BCUT2D eigenvalue weighted by Gasteiger charge is -2.07. The lowest BCUT2D eigenvalue weighted by molar-refractivity contribution is -0.143. The predicted octanol–water partition coefficient (Wildman–Crippen LogP) is 1.24. The summed E-state index contributed by atoms with van der Waals surface area (Å²) in [7, 11) is -3.91. The first kappa shape index (κ1) is 12.0. The first-order valence-electron chi connectivity index (χ1n) is 3.61. The Morgan fingerprint density at radius 1 is 1.47 bits per heavy atom. The van der Waals surface area contributed by atoms with E-state index < -0.39 is 33.7 Å². The molecule has 0 aromatic carbocycles. The fourth-order valence-corrected chi connectivity index (χ4v) is 1.58. The molecular weight excluding hydrogens is 240 g/mol. The molecule has 0 atom stereocenters. The van der Waals surface area contributed by atoms with Gasteiger partial charge in [0.25, 0.3) is 0 Å². The number of rotatable bonds is 2. The van der Waals surface area contributed by atoms with Gasteiger partial charge < -0.3 is 4.57 Å². The van der Waals surface area contributed by atoms with Crippen LogP contribution in [0.1, 0.15) is 11.5 Å². The molecule has 15 heavy (non-hydrogen) atoms. The third-order valence-corrected chi connectivity index (χ3v) is 2.28. The van der Waals surface area contributed by atoms with Gasteiger partial charge in [-0.15, -0.1) is 3.89 Å². The van der Waals surface area contributed by atoms with Crippen molar-refractivity contribution in [1.29, 1.82) is 0 Å². The Morgan fingerprint density at radius 2 is 2.00 bits per heavy atom. The highest BCUT2D eigenvalue weighted by Crippen LogP contribution is 2.29. The number of hydrogen-bond donors (Lipinski definition) is 0. The van der Waals surface area contributed by atoms with E-state index in [9.17, 15) is 25.5 Å². The summed E-state index contributed by atoms with van der Waals surface area (Å²) in [6.45, 7) is 0. The molecular formula is C6H6F4N2O2S. The van der Waals surface area contributed by atoms with Crippen LogP contribution >= 0.6 is 0 Å². The van der Waals surface area contributed by atoms with Crippen LogP contribution in [0.15, 0.2) is 6.20 Å². The van der Waals surface area contributed by atoms with Crippen molar-refractivity contribution in [2.45, 2.75) is 11.9 Å². The highest BCUT2D eigenvalue weighted by molar-refractivity contribution is 7.85. The van der Waals surface area contributed by atoms with E-state index in [1.165, 1.54) is 0 Å². The average molecular weight is 246 g/mol. The van der Waals surface area contributed by atoms with Crippen LogP contribution in [0.5, 0.6) is 0 Å². The summed E-state index contributed by atoms with van der Waals surface area (Å²) >= 11 is 0. The number of nitrogens with zero attached hydrogens (tertiary/aromatic N) is 2. The van der Waals surface area contributed by atoms with Crippen LogP contribution in [-0.2, 0) is 29.2 Å². The zero-order valence-electron chi connectivity index (χ0n) is 7.42. The van der Waals surface area contributed by atoms with Crippen molar-refractivity contribution in [3.63, 3.8) is 0 Å². The molecule has 0 aliphatic carbocycles. The van der Waals surface area contributed by atoms with E-state index in [1.807, 2.05) is 0 Å². The maximum absolute atomic E-state index is 12.2. The molecule has 0 aliphatic heterocycles. The van der Waals surface area contributed by atoms with Crippen LogP contribution in [0.25, 0.3) is 0 Å². The summed E-state index contributed by atoms with van der Waals surface area (Å²) < 4.78 is 69.7. The topological polar surface area (TPSA) is 52.0 Å². The van der Waals surface area contributed by atoms with Gasteiger partial charge in [-0.25, -0.2) is 4.98 Å². The van der Waals surface area contributed by atoms with E-state index in [1.54, 1.807) is 0 Å². The number of alkyl halides is 3. The molecule has 0 bridgehead atoms. The summed E-state index contributed by atoms with van der Waals surface area (Å²) in [5, 5.41) is 0. The van der Waals surface area contributed by atoms with Gasteiger partial charge in [0.15, 0.2) is 0 Å². The van der Waals surface area contributed by atoms with Crippen LogP contribution in [0.4, 0.5) is 17.1 Å². The molecule has 1 rings (SSSR count). The molecule has 0 spiro atoms. The summed E-state index contributed by atoms with van der Waals surface area (Å²) in [5.74, 6) is -1.66. The normalized spacial score (nSPS) is 13.1. The molecule has 1 aromatic rings. The fourth-order valence-electron chi connectivity index (χ4n) is 1.000. The van der Waals surface area contributed by atoms with Gasteiger partial charge in [0.1, 0.15) is 17.3 Å². The Hall–Kier alpha value is -1.12. The molecule has 0 saturated carbocycles. The van der Waals surface area contributed by atoms with E-state index in [0.29, 0.717) is 10.8 Å². The summed E-state index contributed by atoms with van der Waals surface area (Å²) in [4.78, 5) is 3.19. The Kier molecular flexibility index (Phi) is 2.77. The van der Waals surface area contributed by atoms with Crippen LogP contribution in [-0.4, -0.2) is 18.0 Å². The Morgan fingerprint density at radius 3 is 2.33 bits per heavy atom. The lowest BCUT2D eigenvalue weighted by Crippen LogP contribution is -2.13. The third kappa shape index (κ3) is 2.91. The maximum Gasteiger partial charge on any atom is 0.432 e. The van der Waals surface area contributed by atoms with Crippen LogP contribution in [0.2, 0.25) is 0 Å². The molecule has 0 amide bonds. The highest BCUT2D eigenvalue weighted by atomic mass is 32.3. The molecule has 0 fully saturated rings. The second-order valence-electron chi connectivity index (χ2n) is 2.80. The summed E-state index contributed by atoms with van der Waals surface area (Å²) in [6, 6.07) is 0. The zero-order valence-corrected chi connectivity index (χ0v) is 8.23. The average Bonchev–Trinajstić information content (AvgIpc) is 2.27. The van der Waals surface area contributed by atoms with E-state index in [-0.39, 0.29) is 0 Å². The first-order chi connectivity index (χ1) is 6.61. The van der Waals surface area contributed by atoms with E-state index in [0.717, 1.165) is 7.05 Å². The molecule has 0 saturated heterocycles.